The molecule has 0 saturated carbocycles. The number of carbonyl (C=O) groups is 1. The van der Waals surface area contributed by atoms with E-state index >= 15 is 0 Å². The van der Waals surface area contributed by atoms with E-state index in [-0.39, 0.29) is 5.91 Å². The first-order chi connectivity index (χ1) is 10.4. The zero-order valence-electron chi connectivity index (χ0n) is 13.1. The third-order valence-electron chi connectivity index (χ3n) is 3.90. The summed E-state index contributed by atoms with van der Waals surface area (Å²) >= 11 is 0. The molecule has 1 N–H and O–H groups in total. The van der Waals surface area contributed by atoms with E-state index < -0.39 is 10.0 Å². The Balaban J connectivity index is 1.76. The number of piperazine rings is 1. The fourth-order valence-corrected chi connectivity index (χ4v) is 3.31. The molecular weight excluding hydrogens is 302 g/mol. The minimum atomic E-state index is -3.12. The summed E-state index contributed by atoms with van der Waals surface area (Å²) in [7, 11) is -3.12. The Labute approximate surface area is 132 Å². The highest BCUT2D eigenvalue weighted by Gasteiger charge is 2.24. The molecule has 0 unspecified atom stereocenters. The zero-order valence-corrected chi connectivity index (χ0v) is 13.9. The normalized spacial score (nSPS) is 17.4. The first-order valence-corrected chi connectivity index (χ1v) is 9.20. The predicted molar refractivity (Wildman–Crippen MR) is 85.9 cm³/mol. The molecule has 1 saturated heterocycles. The predicted octanol–water partition coefficient (Wildman–Crippen LogP) is 0.188. The van der Waals surface area contributed by atoms with Crippen molar-refractivity contribution in [3.05, 3.63) is 35.4 Å². The third kappa shape index (κ3) is 4.79. The Kier molecular flexibility index (Phi) is 5.55. The van der Waals surface area contributed by atoms with Crippen LogP contribution in [-0.2, 0) is 21.4 Å². The molecule has 0 bridgehead atoms. The van der Waals surface area contributed by atoms with Crippen LogP contribution in [0, 0.1) is 6.92 Å². The lowest BCUT2D eigenvalue weighted by Gasteiger charge is -2.32. The molecule has 1 amide bonds. The number of nitrogens with zero attached hydrogens (tertiary/aromatic N) is 2. The summed E-state index contributed by atoms with van der Waals surface area (Å²) in [5, 5.41) is 2.92. The van der Waals surface area contributed by atoms with Crippen LogP contribution in [0.25, 0.3) is 0 Å². The van der Waals surface area contributed by atoms with Gasteiger partial charge < -0.3 is 5.32 Å². The SMILES string of the molecule is Cc1ccccc1CNC(=O)CN1CCN(S(C)(=O)=O)CC1. The number of sulfonamides is 1. The van der Waals surface area contributed by atoms with Crippen molar-refractivity contribution < 1.29 is 13.2 Å². The average molecular weight is 325 g/mol. The van der Waals surface area contributed by atoms with Crippen LogP contribution in [0.5, 0.6) is 0 Å². The minimum Gasteiger partial charge on any atom is -0.351 e. The molecule has 2 rings (SSSR count). The number of nitrogens with one attached hydrogen (secondary N) is 1. The number of hydrogen-bond donors (Lipinski definition) is 1. The number of benzene rings is 1. The third-order valence-corrected chi connectivity index (χ3v) is 5.21. The highest BCUT2D eigenvalue weighted by molar-refractivity contribution is 7.88. The minimum absolute atomic E-state index is 0.0314. The standard InChI is InChI=1S/C15H23N3O3S/c1-13-5-3-4-6-14(13)11-16-15(19)12-17-7-9-18(10-8-17)22(2,20)21/h3-6H,7-12H2,1-2H3,(H,16,19). The fraction of sp³-hybridized carbons (Fsp3) is 0.533. The molecule has 0 atom stereocenters. The van der Waals surface area contributed by atoms with E-state index in [1.165, 1.54) is 10.6 Å². The first-order valence-electron chi connectivity index (χ1n) is 7.35. The lowest BCUT2D eigenvalue weighted by Crippen LogP contribution is -2.50. The largest absolute Gasteiger partial charge is 0.351 e. The maximum atomic E-state index is 12.0. The Morgan fingerprint density at radius 2 is 1.82 bits per heavy atom. The van der Waals surface area contributed by atoms with E-state index in [0.717, 1.165) is 11.1 Å². The number of amides is 1. The van der Waals surface area contributed by atoms with E-state index in [1.807, 2.05) is 36.1 Å². The van der Waals surface area contributed by atoms with Crippen LogP contribution in [0.15, 0.2) is 24.3 Å². The Bertz CT molecular complexity index is 623. The quantitative estimate of drug-likeness (QED) is 0.839. The Morgan fingerprint density at radius 3 is 2.41 bits per heavy atom. The molecule has 122 valence electrons. The van der Waals surface area contributed by atoms with Crippen LogP contribution >= 0.6 is 0 Å². The molecule has 1 heterocycles. The van der Waals surface area contributed by atoms with Crippen LogP contribution in [0.4, 0.5) is 0 Å². The van der Waals surface area contributed by atoms with E-state index in [2.05, 4.69) is 5.32 Å². The van der Waals surface area contributed by atoms with Gasteiger partial charge in [-0.1, -0.05) is 24.3 Å². The first kappa shape index (κ1) is 16.9. The van der Waals surface area contributed by atoms with E-state index in [4.69, 9.17) is 0 Å². The second kappa shape index (κ2) is 7.21. The second-order valence-electron chi connectivity index (χ2n) is 5.64. The molecule has 22 heavy (non-hydrogen) atoms. The van der Waals surface area contributed by atoms with Gasteiger partial charge in [0.2, 0.25) is 15.9 Å². The summed E-state index contributed by atoms with van der Waals surface area (Å²) in [6.07, 6.45) is 1.22. The van der Waals surface area contributed by atoms with Crippen LogP contribution in [0.2, 0.25) is 0 Å². The van der Waals surface area contributed by atoms with Crippen molar-refractivity contribution in [1.29, 1.82) is 0 Å². The summed E-state index contributed by atoms with van der Waals surface area (Å²) in [5.41, 5.74) is 2.27. The van der Waals surface area contributed by atoms with Gasteiger partial charge in [0.05, 0.1) is 12.8 Å². The summed E-state index contributed by atoms with van der Waals surface area (Å²) in [6.45, 7) is 4.92. The Morgan fingerprint density at radius 1 is 1.18 bits per heavy atom. The average Bonchev–Trinajstić information content (AvgIpc) is 2.46. The molecule has 6 nitrogen and oxygen atoms in total. The topological polar surface area (TPSA) is 69.7 Å². The number of carbonyl (C=O) groups excluding carboxylic acids is 1. The summed E-state index contributed by atoms with van der Waals surface area (Å²) < 4.78 is 24.3. The van der Waals surface area contributed by atoms with Crippen molar-refractivity contribution in [3.63, 3.8) is 0 Å². The van der Waals surface area contributed by atoms with Crippen molar-refractivity contribution in [3.8, 4) is 0 Å². The van der Waals surface area contributed by atoms with Gasteiger partial charge in [-0.25, -0.2) is 8.42 Å². The highest BCUT2D eigenvalue weighted by atomic mass is 32.2. The van der Waals surface area contributed by atoms with Gasteiger partial charge in [-0.3, -0.25) is 9.69 Å². The molecule has 0 aliphatic carbocycles. The van der Waals surface area contributed by atoms with Gasteiger partial charge in [0, 0.05) is 32.7 Å². The summed E-state index contributed by atoms with van der Waals surface area (Å²) in [6, 6.07) is 7.95. The van der Waals surface area contributed by atoms with E-state index in [0.29, 0.717) is 39.3 Å². The highest BCUT2D eigenvalue weighted by Crippen LogP contribution is 2.07. The van der Waals surface area contributed by atoms with Crippen molar-refractivity contribution in [1.82, 2.24) is 14.5 Å². The van der Waals surface area contributed by atoms with Gasteiger partial charge in [0.1, 0.15) is 0 Å². The van der Waals surface area contributed by atoms with Crippen molar-refractivity contribution >= 4 is 15.9 Å². The number of rotatable bonds is 5. The molecular formula is C15H23N3O3S. The van der Waals surface area contributed by atoms with Crippen molar-refractivity contribution in [2.45, 2.75) is 13.5 Å². The van der Waals surface area contributed by atoms with Gasteiger partial charge in [-0.2, -0.15) is 4.31 Å². The molecule has 0 spiro atoms. The summed E-state index contributed by atoms with van der Waals surface area (Å²) in [5.74, 6) is -0.0314. The smallest absolute Gasteiger partial charge is 0.234 e. The number of aryl methyl sites for hydroxylation is 1. The Hall–Kier alpha value is -1.44. The van der Waals surface area contributed by atoms with Crippen molar-refractivity contribution in [2.75, 3.05) is 39.0 Å². The van der Waals surface area contributed by atoms with Crippen LogP contribution in [0.3, 0.4) is 0 Å². The maximum Gasteiger partial charge on any atom is 0.234 e. The van der Waals surface area contributed by atoms with Crippen LogP contribution in [0.1, 0.15) is 11.1 Å². The maximum absolute atomic E-state index is 12.0. The molecule has 1 aliphatic rings. The molecule has 7 heteroatoms. The number of hydrogen-bond acceptors (Lipinski definition) is 4. The molecule has 1 fully saturated rings. The van der Waals surface area contributed by atoms with Gasteiger partial charge in [-0.15, -0.1) is 0 Å². The zero-order chi connectivity index (χ0) is 16.2. The molecule has 1 aromatic rings. The molecule has 0 radical (unpaired) electrons. The lowest BCUT2D eigenvalue weighted by atomic mass is 10.1. The molecule has 1 aromatic carbocycles. The van der Waals surface area contributed by atoms with Crippen LogP contribution < -0.4 is 5.32 Å². The fourth-order valence-electron chi connectivity index (χ4n) is 2.48. The monoisotopic (exact) mass is 325 g/mol. The molecule has 0 aromatic heterocycles. The second-order valence-corrected chi connectivity index (χ2v) is 7.62. The lowest BCUT2D eigenvalue weighted by molar-refractivity contribution is -0.122. The van der Waals surface area contributed by atoms with Crippen molar-refractivity contribution in [2.24, 2.45) is 0 Å². The van der Waals surface area contributed by atoms with Gasteiger partial charge in [-0.05, 0) is 18.1 Å². The summed E-state index contributed by atoms with van der Waals surface area (Å²) in [4.78, 5) is 14.0. The van der Waals surface area contributed by atoms with Crippen LogP contribution in [-0.4, -0.2) is 62.5 Å². The molecule has 1 aliphatic heterocycles. The van der Waals surface area contributed by atoms with E-state index in [1.54, 1.807) is 0 Å². The van der Waals surface area contributed by atoms with Gasteiger partial charge in [0.15, 0.2) is 0 Å². The van der Waals surface area contributed by atoms with E-state index in [9.17, 15) is 13.2 Å². The van der Waals surface area contributed by atoms with Gasteiger partial charge in [0.25, 0.3) is 0 Å². The van der Waals surface area contributed by atoms with Gasteiger partial charge >= 0.3 is 0 Å².